The van der Waals surface area contributed by atoms with Crippen LogP contribution >= 0.6 is 11.6 Å². The molecule has 1 aliphatic heterocycles. The molecule has 0 atom stereocenters. The van der Waals surface area contributed by atoms with Gasteiger partial charge in [0.1, 0.15) is 5.82 Å². The second-order valence-electron chi connectivity index (χ2n) is 6.06. The van der Waals surface area contributed by atoms with Gasteiger partial charge in [0.15, 0.2) is 0 Å². The summed E-state index contributed by atoms with van der Waals surface area (Å²) in [5, 5.41) is 4.10. The molecule has 0 radical (unpaired) electrons. The summed E-state index contributed by atoms with van der Waals surface area (Å²) >= 11 is 6.00. The normalized spacial score (nSPS) is 18.4. The van der Waals surface area contributed by atoms with Crippen LogP contribution in [0.4, 0.5) is 4.39 Å². The van der Waals surface area contributed by atoms with Crippen molar-refractivity contribution in [3.63, 3.8) is 0 Å². The smallest absolute Gasteiger partial charge is 0.126 e. The minimum absolute atomic E-state index is 0.0635. The molecule has 1 aromatic rings. The Labute approximate surface area is 125 Å². The summed E-state index contributed by atoms with van der Waals surface area (Å²) in [4.78, 5) is 0. The molecule has 4 heteroatoms. The van der Waals surface area contributed by atoms with Crippen LogP contribution in [0.15, 0.2) is 18.2 Å². The molecule has 1 aromatic carbocycles. The predicted octanol–water partition coefficient (Wildman–Crippen LogP) is 3.82. The van der Waals surface area contributed by atoms with Gasteiger partial charge in [-0.25, -0.2) is 4.39 Å². The van der Waals surface area contributed by atoms with Crippen LogP contribution in [-0.2, 0) is 11.2 Å². The number of halogens is 2. The Hall–Kier alpha value is -0.640. The lowest BCUT2D eigenvalue weighted by Gasteiger charge is -2.38. The monoisotopic (exact) mass is 299 g/mol. The zero-order valence-corrected chi connectivity index (χ0v) is 13.0. The van der Waals surface area contributed by atoms with Crippen molar-refractivity contribution in [1.29, 1.82) is 0 Å². The summed E-state index contributed by atoms with van der Waals surface area (Å²) in [5.74, 6) is -0.162. The van der Waals surface area contributed by atoms with Crippen molar-refractivity contribution in [2.24, 2.45) is 5.41 Å². The summed E-state index contributed by atoms with van der Waals surface area (Å²) in [7, 11) is 0. The van der Waals surface area contributed by atoms with E-state index in [1.807, 2.05) is 0 Å². The molecule has 0 amide bonds. The SMILES string of the molecule is CC(C)NCC1(Cc2cc(Cl)ccc2F)CCOCC1. The summed E-state index contributed by atoms with van der Waals surface area (Å²) in [5.41, 5.74) is 0.776. The number of ether oxygens (including phenoxy) is 1. The number of hydrogen-bond donors (Lipinski definition) is 1. The third-order valence-corrected chi connectivity index (χ3v) is 4.25. The molecule has 2 rings (SSSR count). The summed E-state index contributed by atoms with van der Waals surface area (Å²) in [6, 6.07) is 5.24. The average molecular weight is 300 g/mol. The van der Waals surface area contributed by atoms with E-state index < -0.39 is 0 Å². The lowest BCUT2D eigenvalue weighted by atomic mass is 9.75. The van der Waals surface area contributed by atoms with Gasteiger partial charge in [0.25, 0.3) is 0 Å². The number of nitrogens with one attached hydrogen (secondary N) is 1. The van der Waals surface area contributed by atoms with Gasteiger partial charge in [-0.15, -0.1) is 0 Å². The first kappa shape index (κ1) is 15.7. The van der Waals surface area contributed by atoms with Gasteiger partial charge in [0, 0.05) is 30.8 Å². The van der Waals surface area contributed by atoms with E-state index in [1.165, 1.54) is 6.07 Å². The van der Waals surface area contributed by atoms with E-state index in [0.717, 1.165) is 32.6 Å². The van der Waals surface area contributed by atoms with Gasteiger partial charge in [-0.3, -0.25) is 0 Å². The molecule has 20 heavy (non-hydrogen) atoms. The second kappa shape index (κ2) is 6.88. The summed E-state index contributed by atoms with van der Waals surface area (Å²) in [6.07, 6.45) is 2.62. The molecule has 1 N–H and O–H groups in total. The topological polar surface area (TPSA) is 21.3 Å². The van der Waals surface area contributed by atoms with Gasteiger partial charge >= 0.3 is 0 Å². The predicted molar refractivity (Wildman–Crippen MR) is 80.7 cm³/mol. The van der Waals surface area contributed by atoms with Crippen LogP contribution in [0.25, 0.3) is 0 Å². The van der Waals surface area contributed by atoms with Crippen molar-refractivity contribution in [2.75, 3.05) is 19.8 Å². The minimum atomic E-state index is -0.162. The molecule has 2 nitrogen and oxygen atoms in total. The molecule has 1 heterocycles. The molecule has 0 saturated carbocycles. The Bertz CT molecular complexity index is 444. The van der Waals surface area contributed by atoms with Crippen molar-refractivity contribution in [3.05, 3.63) is 34.6 Å². The number of hydrogen-bond acceptors (Lipinski definition) is 2. The van der Waals surface area contributed by atoms with Crippen LogP contribution in [-0.4, -0.2) is 25.8 Å². The first-order valence-corrected chi connectivity index (χ1v) is 7.64. The maximum atomic E-state index is 14.0. The van der Waals surface area contributed by atoms with Crippen LogP contribution in [0.1, 0.15) is 32.3 Å². The van der Waals surface area contributed by atoms with Gasteiger partial charge in [0.05, 0.1) is 0 Å². The van der Waals surface area contributed by atoms with E-state index in [2.05, 4.69) is 19.2 Å². The zero-order chi connectivity index (χ0) is 14.6. The van der Waals surface area contributed by atoms with Crippen LogP contribution < -0.4 is 5.32 Å². The Morgan fingerprint density at radius 2 is 2.05 bits per heavy atom. The molecule has 0 spiro atoms. The Morgan fingerprint density at radius 3 is 2.70 bits per heavy atom. The zero-order valence-electron chi connectivity index (χ0n) is 12.2. The molecule has 1 aliphatic rings. The Kier molecular flexibility index (Phi) is 5.42. The van der Waals surface area contributed by atoms with Crippen LogP contribution in [0.2, 0.25) is 5.02 Å². The molecule has 0 aliphatic carbocycles. The Balaban J connectivity index is 2.16. The number of benzene rings is 1. The molecular formula is C16H23ClFNO. The first-order chi connectivity index (χ1) is 9.51. The average Bonchev–Trinajstić information content (AvgIpc) is 2.42. The quantitative estimate of drug-likeness (QED) is 0.892. The van der Waals surface area contributed by atoms with E-state index in [1.54, 1.807) is 12.1 Å². The molecule has 0 aromatic heterocycles. The standard InChI is InChI=1S/C16H23ClFNO/c1-12(2)19-11-16(5-7-20-8-6-16)10-13-9-14(17)3-4-15(13)18/h3-4,9,12,19H,5-8,10-11H2,1-2H3. The third-order valence-electron chi connectivity index (χ3n) is 4.01. The van der Waals surface area contributed by atoms with E-state index in [9.17, 15) is 4.39 Å². The molecule has 1 saturated heterocycles. The maximum Gasteiger partial charge on any atom is 0.126 e. The van der Waals surface area contributed by atoms with Gasteiger partial charge in [-0.1, -0.05) is 25.4 Å². The lowest BCUT2D eigenvalue weighted by Crippen LogP contribution is -2.43. The molecular weight excluding hydrogens is 277 g/mol. The maximum absolute atomic E-state index is 14.0. The highest BCUT2D eigenvalue weighted by atomic mass is 35.5. The van der Waals surface area contributed by atoms with Crippen LogP contribution in [0.3, 0.4) is 0 Å². The van der Waals surface area contributed by atoms with Crippen molar-refractivity contribution < 1.29 is 9.13 Å². The van der Waals surface area contributed by atoms with Crippen LogP contribution in [0, 0.1) is 11.2 Å². The van der Waals surface area contributed by atoms with Crippen LogP contribution in [0.5, 0.6) is 0 Å². The summed E-state index contributed by atoms with van der Waals surface area (Å²) in [6.45, 7) is 6.66. The van der Waals surface area contributed by atoms with Gasteiger partial charge in [0.2, 0.25) is 0 Å². The largest absolute Gasteiger partial charge is 0.381 e. The highest BCUT2D eigenvalue weighted by molar-refractivity contribution is 6.30. The fourth-order valence-electron chi connectivity index (χ4n) is 2.72. The minimum Gasteiger partial charge on any atom is -0.381 e. The highest BCUT2D eigenvalue weighted by Gasteiger charge is 2.33. The van der Waals surface area contributed by atoms with E-state index in [-0.39, 0.29) is 11.2 Å². The number of rotatable bonds is 5. The first-order valence-electron chi connectivity index (χ1n) is 7.26. The van der Waals surface area contributed by atoms with Gasteiger partial charge in [-0.2, -0.15) is 0 Å². The fourth-order valence-corrected chi connectivity index (χ4v) is 2.92. The van der Waals surface area contributed by atoms with E-state index in [0.29, 0.717) is 23.0 Å². The van der Waals surface area contributed by atoms with Gasteiger partial charge < -0.3 is 10.1 Å². The molecule has 0 bridgehead atoms. The molecule has 112 valence electrons. The van der Waals surface area contributed by atoms with Gasteiger partial charge in [-0.05, 0) is 48.4 Å². The van der Waals surface area contributed by atoms with Crippen molar-refractivity contribution >= 4 is 11.6 Å². The fraction of sp³-hybridized carbons (Fsp3) is 0.625. The van der Waals surface area contributed by atoms with Crippen molar-refractivity contribution in [3.8, 4) is 0 Å². The highest BCUT2D eigenvalue weighted by Crippen LogP contribution is 2.35. The van der Waals surface area contributed by atoms with Crippen molar-refractivity contribution in [1.82, 2.24) is 5.32 Å². The summed E-state index contributed by atoms with van der Waals surface area (Å²) < 4.78 is 19.5. The second-order valence-corrected chi connectivity index (χ2v) is 6.50. The molecule has 1 fully saturated rings. The Morgan fingerprint density at radius 1 is 1.35 bits per heavy atom. The van der Waals surface area contributed by atoms with Crippen molar-refractivity contribution in [2.45, 2.75) is 39.2 Å². The third kappa shape index (κ3) is 4.18. The lowest BCUT2D eigenvalue weighted by molar-refractivity contribution is 0.0137. The molecule has 0 unspecified atom stereocenters. The van der Waals surface area contributed by atoms with E-state index >= 15 is 0 Å². The van der Waals surface area contributed by atoms with E-state index in [4.69, 9.17) is 16.3 Å².